The van der Waals surface area contributed by atoms with Gasteiger partial charge >= 0.3 is 0 Å². The number of aliphatic hydroxyl groups is 1. The van der Waals surface area contributed by atoms with E-state index in [1.54, 1.807) is 0 Å². The van der Waals surface area contributed by atoms with Gasteiger partial charge in [0.25, 0.3) is 0 Å². The van der Waals surface area contributed by atoms with Crippen LogP contribution in [0.4, 0.5) is 0 Å². The van der Waals surface area contributed by atoms with Gasteiger partial charge in [-0.15, -0.1) is 0 Å². The van der Waals surface area contributed by atoms with E-state index in [2.05, 4.69) is 24.3 Å². The largest absolute Gasteiger partial charge is 0.388 e. The Bertz CT molecular complexity index is 772. The number of ketones is 1. The maximum absolute atomic E-state index is 11.5. The fraction of sp³-hybridized carbons (Fsp3) is 0.292. The van der Waals surface area contributed by atoms with Crippen molar-refractivity contribution < 1.29 is 9.90 Å². The summed E-state index contributed by atoms with van der Waals surface area (Å²) in [5.41, 5.74) is 4.24. The monoisotopic (exact) mass is 346 g/mol. The van der Waals surface area contributed by atoms with Crippen LogP contribution < -0.4 is 0 Å². The zero-order valence-electron chi connectivity index (χ0n) is 15.1. The Morgan fingerprint density at radius 1 is 0.769 bits per heavy atom. The van der Waals surface area contributed by atoms with Gasteiger partial charge in [0.15, 0.2) is 5.78 Å². The highest BCUT2D eigenvalue weighted by atomic mass is 16.3. The first-order valence-electron chi connectivity index (χ1n) is 9.48. The number of hydrogen-bond donors (Lipinski definition) is 1. The van der Waals surface area contributed by atoms with Crippen molar-refractivity contribution in [1.29, 1.82) is 0 Å². The summed E-state index contributed by atoms with van der Waals surface area (Å²) < 4.78 is 0. The van der Waals surface area contributed by atoms with Crippen LogP contribution in [0.25, 0.3) is 11.1 Å². The molecule has 0 radical (unpaired) electrons. The molecule has 2 aromatic carbocycles. The van der Waals surface area contributed by atoms with Gasteiger partial charge in [0.1, 0.15) is 0 Å². The van der Waals surface area contributed by atoms with Crippen molar-refractivity contribution in [3.63, 3.8) is 0 Å². The van der Waals surface area contributed by atoms with Crippen LogP contribution in [0.5, 0.6) is 0 Å². The first-order chi connectivity index (χ1) is 12.8. The first kappa shape index (κ1) is 18.3. The van der Waals surface area contributed by atoms with Crippen LogP contribution in [0.15, 0.2) is 72.8 Å². The van der Waals surface area contributed by atoms with E-state index in [1.165, 1.54) is 0 Å². The SMILES string of the molecule is O=C1CCCC=C1c1ccccc1.OC1CCCC=C1c1ccccc1. The molecule has 134 valence electrons. The Hall–Kier alpha value is -2.45. The van der Waals surface area contributed by atoms with E-state index in [4.69, 9.17) is 0 Å². The lowest BCUT2D eigenvalue weighted by atomic mass is 9.91. The lowest BCUT2D eigenvalue weighted by Gasteiger charge is -2.19. The van der Waals surface area contributed by atoms with Crippen molar-refractivity contribution in [2.45, 2.75) is 44.6 Å². The molecule has 0 spiro atoms. The fourth-order valence-corrected chi connectivity index (χ4v) is 3.46. The van der Waals surface area contributed by atoms with Crippen LogP contribution in [0.3, 0.4) is 0 Å². The fourth-order valence-electron chi connectivity index (χ4n) is 3.46. The summed E-state index contributed by atoms with van der Waals surface area (Å²) in [5, 5.41) is 9.75. The molecule has 4 rings (SSSR count). The first-order valence-corrected chi connectivity index (χ1v) is 9.48. The molecular formula is C24H26O2. The molecule has 0 saturated carbocycles. The van der Waals surface area contributed by atoms with E-state index in [1.807, 2.05) is 48.5 Å². The second kappa shape index (κ2) is 9.30. The van der Waals surface area contributed by atoms with Crippen molar-refractivity contribution in [3.8, 4) is 0 Å². The molecule has 2 heteroatoms. The summed E-state index contributed by atoms with van der Waals surface area (Å²) in [6, 6.07) is 20.0. The standard InChI is InChI=1S/C12H14O.C12H12O/c2*13-12-9-5-4-8-11(12)10-6-2-1-3-7-10/h1-3,6-8,12-13H,4-5,9H2;1-3,6-8H,4-5,9H2. The number of aliphatic hydroxyl groups excluding tert-OH is 1. The van der Waals surface area contributed by atoms with Gasteiger partial charge in [-0.25, -0.2) is 0 Å². The molecule has 1 unspecified atom stereocenters. The summed E-state index contributed by atoms with van der Waals surface area (Å²) in [6.07, 6.45) is 9.83. The highest BCUT2D eigenvalue weighted by Gasteiger charge is 2.15. The molecule has 26 heavy (non-hydrogen) atoms. The molecule has 0 aliphatic heterocycles. The van der Waals surface area contributed by atoms with Crippen LogP contribution in [0, 0.1) is 0 Å². The predicted molar refractivity (Wildman–Crippen MR) is 108 cm³/mol. The van der Waals surface area contributed by atoms with Crippen LogP contribution in [-0.4, -0.2) is 17.0 Å². The van der Waals surface area contributed by atoms with Gasteiger partial charge in [-0.2, -0.15) is 0 Å². The molecule has 2 aromatic rings. The van der Waals surface area contributed by atoms with E-state index in [9.17, 15) is 9.90 Å². The minimum Gasteiger partial charge on any atom is -0.388 e. The van der Waals surface area contributed by atoms with Crippen molar-refractivity contribution in [2.75, 3.05) is 0 Å². The van der Waals surface area contributed by atoms with E-state index in [0.717, 1.165) is 54.4 Å². The van der Waals surface area contributed by atoms with Crippen molar-refractivity contribution in [3.05, 3.63) is 83.9 Å². The smallest absolute Gasteiger partial charge is 0.163 e. The van der Waals surface area contributed by atoms with Crippen LogP contribution in [0.2, 0.25) is 0 Å². The third-order valence-electron chi connectivity index (χ3n) is 4.85. The van der Waals surface area contributed by atoms with Crippen LogP contribution in [0.1, 0.15) is 49.7 Å². The van der Waals surface area contributed by atoms with Crippen LogP contribution in [-0.2, 0) is 4.79 Å². The van der Waals surface area contributed by atoms with Crippen LogP contribution >= 0.6 is 0 Å². The summed E-state index contributed by atoms with van der Waals surface area (Å²) >= 11 is 0. The maximum atomic E-state index is 11.5. The molecule has 0 aromatic heterocycles. The van der Waals surface area contributed by atoms with E-state index in [-0.39, 0.29) is 11.9 Å². The molecule has 2 aliphatic rings. The second-order valence-electron chi connectivity index (χ2n) is 6.77. The van der Waals surface area contributed by atoms with Crippen molar-refractivity contribution in [2.24, 2.45) is 0 Å². The Morgan fingerprint density at radius 3 is 2.00 bits per heavy atom. The van der Waals surface area contributed by atoms with E-state index >= 15 is 0 Å². The summed E-state index contributed by atoms with van der Waals surface area (Å²) in [4.78, 5) is 11.5. The molecule has 0 fully saturated rings. The lowest BCUT2D eigenvalue weighted by Crippen LogP contribution is -2.12. The lowest BCUT2D eigenvalue weighted by molar-refractivity contribution is -0.114. The molecule has 0 bridgehead atoms. The molecule has 0 saturated heterocycles. The van der Waals surface area contributed by atoms with Gasteiger partial charge in [0.2, 0.25) is 0 Å². The minimum absolute atomic E-state index is 0.254. The maximum Gasteiger partial charge on any atom is 0.163 e. The van der Waals surface area contributed by atoms with Crippen molar-refractivity contribution >= 4 is 16.9 Å². The zero-order valence-corrected chi connectivity index (χ0v) is 15.1. The molecule has 1 atom stereocenters. The Balaban J connectivity index is 0.000000151. The van der Waals surface area contributed by atoms with Gasteiger partial charge in [-0.1, -0.05) is 72.8 Å². The number of carbonyl (C=O) groups excluding carboxylic acids is 1. The summed E-state index contributed by atoms with van der Waals surface area (Å²) in [5.74, 6) is 0.289. The third-order valence-corrected chi connectivity index (χ3v) is 4.85. The number of benzene rings is 2. The molecule has 2 nitrogen and oxygen atoms in total. The number of hydrogen-bond acceptors (Lipinski definition) is 2. The number of allylic oxidation sites excluding steroid dienone is 3. The number of Topliss-reactive ketones (excluding diaryl/α,β-unsaturated/α-hetero) is 1. The highest BCUT2D eigenvalue weighted by molar-refractivity contribution is 6.21. The van der Waals surface area contributed by atoms with E-state index < -0.39 is 0 Å². The summed E-state index contributed by atoms with van der Waals surface area (Å²) in [6.45, 7) is 0. The topological polar surface area (TPSA) is 37.3 Å². The molecule has 0 heterocycles. The van der Waals surface area contributed by atoms with Crippen molar-refractivity contribution in [1.82, 2.24) is 0 Å². The average Bonchev–Trinajstić information content (AvgIpc) is 2.71. The van der Waals surface area contributed by atoms with Gasteiger partial charge in [0, 0.05) is 12.0 Å². The third kappa shape index (κ3) is 4.80. The van der Waals surface area contributed by atoms with Gasteiger partial charge in [-0.05, 0) is 48.8 Å². The number of rotatable bonds is 2. The molecular weight excluding hydrogens is 320 g/mol. The molecule has 0 amide bonds. The van der Waals surface area contributed by atoms with Gasteiger partial charge in [-0.3, -0.25) is 4.79 Å². The summed E-state index contributed by atoms with van der Waals surface area (Å²) in [7, 11) is 0. The Kier molecular flexibility index (Phi) is 6.56. The zero-order chi connectivity index (χ0) is 18.2. The Morgan fingerprint density at radius 2 is 1.38 bits per heavy atom. The molecule has 2 aliphatic carbocycles. The average molecular weight is 346 g/mol. The highest BCUT2D eigenvalue weighted by Crippen LogP contribution is 2.26. The molecule has 1 N–H and O–H groups in total. The number of carbonyl (C=O) groups is 1. The Labute approximate surface area is 155 Å². The normalized spacial score (nSPS) is 19.7. The quantitative estimate of drug-likeness (QED) is 0.786. The second-order valence-corrected chi connectivity index (χ2v) is 6.77. The minimum atomic E-state index is -0.254. The van der Waals surface area contributed by atoms with Gasteiger partial charge in [0.05, 0.1) is 6.10 Å². The van der Waals surface area contributed by atoms with Gasteiger partial charge < -0.3 is 5.11 Å². The predicted octanol–water partition coefficient (Wildman–Crippen LogP) is 5.44. The van der Waals surface area contributed by atoms with E-state index in [0.29, 0.717) is 6.42 Å².